The minimum absolute atomic E-state index is 0.00000954. The van der Waals surface area contributed by atoms with E-state index in [9.17, 15) is 0 Å². The molecule has 371 valence electrons. The topological polar surface area (TPSA) is 43.2 Å². The number of aromatic nitrogens is 1. The third kappa shape index (κ3) is 6.88. The zero-order valence-corrected chi connectivity index (χ0v) is 45.5. The number of nitrogens with zero attached hydrogens (tertiary/aromatic N) is 1. The van der Waals surface area contributed by atoms with E-state index in [2.05, 4.69) is 239 Å². The zero-order valence-electron chi connectivity index (χ0n) is 45.5. The van der Waals surface area contributed by atoms with Gasteiger partial charge in [0.05, 0.1) is 5.52 Å². The van der Waals surface area contributed by atoms with Gasteiger partial charge in [-0.1, -0.05) is 173 Å². The fraction of sp³-hybridized carbons (Fsp3) is 0.286. The molecule has 0 fully saturated rings. The number of anilines is 2. The van der Waals surface area contributed by atoms with Gasteiger partial charge in [-0.05, 0) is 146 Å². The molecule has 4 heterocycles. The molecule has 75 heavy (non-hydrogen) atoms. The van der Waals surface area contributed by atoms with Crippen molar-refractivity contribution in [1.29, 1.82) is 0 Å². The SMILES string of the molecule is CC(C)(C)c1ccc(Nc2cc3c(cc2-c2c4c5c(c6cc7c(cc6n5-c5cc6c(-c8ccccc8)c(-c8ccccc8)oc6cc5[B]4)C(C)(C)CCC7(C)C)c4c2oc2ccccc24)C(C)(C)CCC3(C)C)cc1. The van der Waals surface area contributed by atoms with Crippen molar-refractivity contribution in [3.8, 4) is 39.3 Å². The molecule has 1 N–H and O–H groups in total. The molecule has 8 aromatic carbocycles. The van der Waals surface area contributed by atoms with Crippen LogP contribution in [0.4, 0.5) is 11.4 Å². The van der Waals surface area contributed by atoms with Gasteiger partial charge in [-0.2, -0.15) is 0 Å². The van der Waals surface area contributed by atoms with Crippen LogP contribution in [0.15, 0.2) is 154 Å². The van der Waals surface area contributed by atoms with Gasteiger partial charge in [0.2, 0.25) is 0 Å². The Bertz CT molecular complexity index is 4190. The molecule has 0 saturated carbocycles. The fourth-order valence-corrected chi connectivity index (χ4v) is 13.7. The van der Waals surface area contributed by atoms with Gasteiger partial charge in [0.1, 0.15) is 22.5 Å². The van der Waals surface area contributed by atoms with Crippen molar-refractivity contribution in [2.75, 3.05) is 5.32 Å². The van der Waals surface area contributed by atoms with E-state index in [4.69, 9.17) is 8.83 Å². The van der Waals surface area contributed by atoms with Crippen molar-refractivity contribution >= 4 is 84.3 Å². The summed E-state index contributed by atoms with van der Waals surface area (Å²) in [6.07, 6.45) is 4.50. The van der Waals surface area contributed by atoms with Crippen molar-refractivity contribution in [3.63, 3.8) is 0 Å². The van der Waals surface area contributed by atoms with Gasteiger partial charge in [0.25, 0.3) is 0 Å². The Morgan fingerprint density at radius 1 is 0.520 bits per heavy atom. The second-order valence-corrected chi connectivity index (χ2v) is 26.1. The molecule has 4 nitrogen and oxygen atoms in total. The summed E-state index contributed by atoms with van der Waals surface area (Å²) >= 11 is 0. The van der Waals surface area contributed by atoms with Crippen molar-refractivity contribution in [1.82, 2.24) is 4.57 Å². The second-order valence-electron chi connectivity index (χ2n) is 26.1. The molecular formula is C70H66BN2O2. The van der Waals surface area contributed by atoms with Crippen LogP contribution in [0.5, 0.6) is 0 Å². The summed E-state index contributed by atoms with van der Waals surface area (Å²) < 4.78 is 17.2. The molecule has 11 aromatic rings. The number of rotatable bonds is 5. The van der Waals surface area contributed by atoms with Crippen molar-refractivity contribution < 1.29 is 8.83 Å². The molecule has 1 aliphatic heterocycles. The zero-order chi connectivity index (χ0) is 51.7. The van der Waals surface area contributed by atoms with Gasteiger partial charge in [0, 0.05) is 71.8 Å². The Morgan fingerprint density at radius 2 is 1.11 bits per heavy atom. The van der Waals surface area contributed by atoms with Gasteiger partial charge < -0.3 is 18.7 Å². The van der Waals surface area contributed by atoms with E-state index in [-0.39, 0.29) is 27.1 Å². The third-order valence-corrected chi connectivity index (χ3v) is 18.3. The summed E-state index contributed by atoms with van der Waals surface area (Å²) in [5.74, 6) is 0.882. The first-order valence-electron chi connectivity index (χ1n) is 27.4. The molecule has 3 aromatic heterocycles. The Morgan fingerprint density at radius 3 is 1.76 bits per heavy atom. The molecule has 0 saturated heterocycles. The average Bonchev–Trinajstić information content (AvgIpc) is 4.11. The molecule has 14 rings (SSSR count). The number of benzene rings is 8. The predicted molar refractivity (Wildman–Crippen MR) is 318 cm³/mol. The van der Waals surface area contributed by atoms with E-state index in [1.807, 2.05) is 0 Å². The molecule has 2 aliphatic carbocycles. The molecule has 3 aliphatic rings. The second kappa shape index (κ2) is 15.7. The monoisotopic (exact) mass is 978 g/mol. The Balaban J connectivity index is 1.16. The van der Waals surface area contributed by atoms with E-state index < -0.39 is 0 Å². The van der Waals surface area contributed by atoms with Crippen LogP contribution in [-0.4, -0.2) is 11.8 Å². The lowest BCUT2D eigenvalue weighted by Crippen LogP contribution is -2.38. The number of nitrogens with one attached hydrogen (secondary N) is 1. The maximum atomic E-state index is 7.45. The van der Waals surface area contributed by atoms with Crippen molar-refractivity contribution in [2.45, 2.75) is 129 Å². The highest BCUT2D eigenvalue weighted by Crippen LogP contribution is 2.54. The molecule has 0 spiro atoms. The van der Waals surface area contributed by atoms with E-state index in [1.165, 1.54) is 55.0 Å². The van der Waals surface area contributed by atoms with Crippen LogP contribution in [0.2, 0.25) is 0 Å². The number of para-hydroxylation sites is 1. The molecule has 0 amide bonds. The van der Waals surface area contributed by atoms with Crippen molar-refractivity contribution in [3.05, 3.63) is 173 Å². The summed E-state index contributed by atoms with van der Waals surface area (Å²) in [5.41, 5.74) is 23.3. The standard InChI is InChI=1S/C70H66BN2O2/c1-66(2,3)42-26-28-43(29-27-42)72-53-37-50-48(67(4,5)30-32-69(50,8)9)34-45(53)61-62-63-59(60-44-24-18-19-25-56(44)74-65(60)61)46-35-49-51(70(10,11)33-31-68(49,6)7)38-54(46)73(63)55-36-47-57(39-52(55)71-62)75-64(41-22-16-13-17-23-41)58(47)40-20-14-12-15-21-40/h12-29,34-39,72H,30-33H2,1-11H3. The van der Waals surface area contributed by atoms with Crippen LogP contribution in [0.25, 0.3) is 94.0 Å². The maximum absolute atomic E-state index is 7.45. The Hall–Kier alpha value is -7.24. The van der Waals surface area contributed by atoms with Crippen molar-refractivity contribution in [2.24, 2.45) is 0 Å². The minimum Gasteiger partial charge on any atom is -0.455 e. The van der Waals surface area contributed by atoms with Crippen LogP contribution >= 0.6 is 0 Å². The molecule has 5 heteroatoms. The third-order valence-electron chi connectivity index (χ3n) is 18.3. The van der Waals surface area contributed by atoms with Gasteiger partial charge in [0.15, 0.2) is 7.28 Å². The molecule has 1 radical (unpaired) electrons. The lowest BCUT2D eigenvalue weighted by Gasteiger charge is -2.42. The smallest absolute Gasteiger partial charge is 0.198 e. The van der Waals surface area contributed by atoms with Gasteiger partial charge in [-0.3, -0.25) is 0 Å². The number of furan rings is 2. The Labute approximate surface area is 442 Å². The highest BCUT2D eigenvalue weighted by molar-refractivity contribution is 6.74. The van der Waals surface area contributed by atoms with Gasteiger partial charge in [-0.25, -0.2) is 0 Å². The van der Waals surface area contributed by atoms with E-state index in [0.717, 1.165) is 115 Å². The predicted octanol–water partition coefficient (Wildman–Crippen LogP) is 18.1. The minimum atomic E-state index is -0.0392. The quantitative estimate of drug-likeness (QED) is 0.175. The normalized spacial score (nSPS) is 17.1. The highest BCUT2D eigenvalue weighted by Gasteiger charge is 2.42. The lowest BCUT2D eigenvalue weighted by atomic mass is 9.58. The largest absolute Gasteiger partial charge is 0.455 e. The summed E-state index contributed by atoms with van der Waals surface area (Å²) in [6.45, 7) is 26.4. The van der Waals surface area contributed by atoms with Crippen LogP contribution < -0.4 is 16.2 Å². The van der Waals surface area contributed by atoms with E-state index in [0.29, 0.717) is 0 Å². The van der Waals surface area contributed by atoms with Gasteiger partial charge >= 0.3 is 0 Å². The first kappa shape index (κ1) is 46.3. The van der Waals surface area contributed by atoms with Crippen LogP contribution in [-0.2, 0) is 27.1 Å². The highest BCUT2D eigenvalue weighted by atomic mass is 16.3. The van der Waals surface area contributed by atoms with Gasteiger partial charge in [-0.15, -0.1) is 0 Å². The first-order chi connectivity index (χ1) is 35.8. The van der Waals surface area contributed by atoms with Crippen LogP contribution in [0.3, 0.4) is 0 Å². The lowest BCUT2D eigenvalue weighted by molar-refractivity contribution is 0.332. The summed E-state index contributed by atoms with van der Waals surface area (Å²) in [7, 11) is 2.47. The number of fused-ring (bicyclic) bond motifs is 12. The number of hydrogen-bond acceptors (Lipinski definition) is 3. The fourth-order valence-electron chi connectivity index (χ4n) is 13.7. The van der Waals surface area contributed by atoms with Crippen LogP contribution in [0.1, 0.15) is 130 Å². The molecule has 0 bridgehead atoms. The van der Waals surface area contributed by atoms with E-state index >= 15 is 0 Å². The number of hydrogen-bond donors (Lipinski definition) is 1. The van der Waals surface area contributed by atoms with E-state index in [1.54, 1.807) is 0 Å². The molecule has 0 atom stereocenters. The average molecular weight is 978 g/mol. The summed E-state index contributed by atoms with van der Waals surface area (Å²) in [6, 6.07) is 54.2. The molecule has 0 unspecified atom stereocenters. The maximum Gasteiger partial charge on any atom is 0.198 e. The van der Waals surface area contributed by atoms with Crippen LogP contribution in [0, 0.1) is 0 Å². The first-order valence-corrected chi connectivity index (χ1v) is 27.4. The molecular weight excluding hydrogens is 912 g/mol. The Kier molecular flexibility index (Phi) is 9.67. The summed E-state index contributed by atoms with van der Waals surface area (Å²) in [4.78, 5) is 0. The summed E-state index contributed by atoms with van der Waals surface area (Å²) in [5, 5.41) is 10.0.